The lowest BCUT2D eigenvalue weighted by Gasteiger charge is -2.06. The average Bonchev–Trinajstić information content (AvgIpc) is 2.60. The van der Waals surface area contributed by atoms with Crippen molar-refractivity contribution < 1.29 is 8.42 Å². The molecule has 2 rings (SSSR count). The molecule has 0 bridgehead atoms. The van der Waals surface area contributed by atoms with Crippen molar-refractivity contribution in [1.82, 2.24) is 0 Å². The first-order valence-corrected chi connectivity index (χ1v) is 7.97. The summed E-state index contributed by atoms with van der Waals surface area (Å²) in [6, 6.07) is 5.58. The standard InChI is InChI=1S/C12H15NO2S2/c1-8(2)17(14,15)7-9-6-16-12-5-10(13)3-4-11(9)12/h3-6,8H,7,13H2,1-2H3. The van der Waals surface area contributed by atoms with Gasteiger partial charge in [0.1, 0.15) is 0 Å². The summed E-state index contributed by atoms with van der Waals surface area (Å²) in [6.07, 6.45) is 0. The van der Waals surface area contributed by atoms with Gasteiger partial charge in [-0.05, 0) is 42.3 Å². The molecule has 5 heteroatoms. The van der Waals surface area contributed by atoms with Gasteiger partial charge >= 0.3 is 0 Å². The number of hydrogen-bond acceptors (Lipinski definition) is 4. The van der Waals surface area contributed by atoms with Crippen molar-refractivity contribution in [3.05, 3.63) is 29.1 Å². The van der Waals surface area contributed by atoms with Gasteiger partial charge in [-0.3, -0.25) is 0 Å². The molecule has 1 aromatic carbocycles. The van der Waals surface area contributed by atoms with Crippen molar-refractivity contribution in [2.24, 2.45) is 0 Å². The fourth-order valence-corrected chi connectivity index (χ4v) is 3.72. The second kappa shape index (κ2) is 4.31. The van der Waals surface area contributed by atoms with E-state index in [1.165, 1.54) is 11.3 Å². The number of nitrogen functional groups attached to an aromatic ring is 1. The van der Waals surface area contributed by atoms with E-state index >= 15 is 0 Å². The lowest BCUT2D eigenvalue weighted by atomic mass is 10.2. The maximum Gasteiger partial charge on any atom is 0.156 e. The highest BCUT2D eigenvalue weighted by Gasteiger charge is 2.18. The number of sulfone groups is 1. The molecule has 0 saturated carbocycles. The zero-order valence-electron chi connectivity index (χ0n) is 9.80. The smallest absolute Gasteiger partial charge is 0.156 e. The van der Waals surface area contributed by atoms with E-state index in [-0.39, 0.29) is 11.0 Å². The number of anilines is 1. The molecule has 2 N–H and O–H groups in total. The SMILES string of the molecule is CC(C)S(=O)(=O)Cc1csc2cc(N)ccc12. The molecule has 0 spiro atoms. The van der Waals surface area contributed by atoms with Crippen molar-refractivity contribution in [2.75, 3.05) is 5.73 Å². The first-order chi connectivity index (χ1) is 7.90. The van der Waals surface area contributed by atoms with Crippen LogP contribution in [0.5, 0.6) is 0 Å². The first kappa shape index (κ1) is 12.4. The first-order valence-electron chi connectivity index (χ1n) is 5.37. The Labute approximate surface area is 105 Å². The Balaban J connectivity index is 2.45. The van der Waals surface area contributed by atoms with Gasteiger partial charge in [-0.1, -0.05) is 6.07 Å². The van der Waals surface area contributed by atoms with Gasteiger partial charge in [0.25, 0.3) is 0 Å². The van der Waals surface area contributed by atoms with Crippen LogP contribution < -0.4 is 5.73 Å². The minimum absolute atomic E-state index is 0.106. The van der Waals surface area contributed by atoms with Gasteiger partial charge in [0.2, 0.25) is 0 Å². The third-order valence-corrected chi connectivity index (χ3v) is 5.90. The van der Waals surface area contributed by atoms with Crippen LogP contribution in [0.15, 0.2) is 23.6 Å². The summed E-state index contributed by atoms with van der Waals surface area (Å²) in [4.78, 5) is 0. The van der Waals surface area contributed by atoms with Gasteiger partial charge in [-0.2, -0.15) is 0 Å². The molecule has 0 saturated heterocycles. The zero-order chi connectivity index (χ0) is 12.6. The van der Waals surface area contributed by atoms with Crippen molar-refractivity contribution in [1.29, 1.82) is 0 Å². The molecule has 0 aliphatic carbocycles. The quantitative estimate of drug-likeness (QED) is 0.872. The minimum atomic E-state index is -3.05. The minimum Gasteiger partial charge on any atom is -0.399 e. The third-order valence-electron chi connectivity index (χ3n) is 2.75. The predicted molar refractivity (Wildman–Crippen MR) is 74.0 cm³/mol. The Kier molecular flexibility index (Phi) is 3.14. The van der Waals surface area contributed by atoms with Crippen LogP contribution in [-0.2, 0) is 15.6 Å². The summed E-state index contributed by atoms with van der Waals surface area (Å²) in [5.41, 5.74) is 7.28. The van der Waals surface area contributed by atoms with E-state index < -0.39 is 9.84 Å². The van der Waals surface area contributed by atoms with E-state index in [1.807, 2.05) is 17.5 Å². The van der Waals surface area contributed by atoms with Crippen LogP contribution in [0.1, 0.15) is 19.4 Å². The highest BCUT2D eigenvalue weighted by molar-refractivity contribution is 7.91. The molecule has 2 aromatic rings. The molecule has 0 atom stereocenters. The van der Waals surface area contributed by atoms with Gasteiger partial charge in [0.05, 0.1) is 11.0 Å². The number of rotatable bonds is 3. The maximum atomic E-state index is 11.9. The van der Waals surface area contributed by atoms with Gasteiger partial charge in [0, 0.05) is 10.4 Å². The molecule has 0 fully saturated rings. The Bertz CT molecular complexity index is 642. The number of fused-ring (bicyclic) bond motifs is 1. The monoisotopic (exact) mass is 269 g/mol. The average molecular weight is 269 g/mol. The lowest BCUT2D eigenvalue weighted by Crippen LogP contribution is -2.15. The lowest BCUT2D eigenvalue weighted by molar-refractivity contribution is 0.587. The van der Waals surface area contributed by atoms with Crippen LogP contribution in [0.4, 0.5) is 5.69 Å². The summed E-state index contributed by atoms with van der Waals surface area (Å²) in [5, 5.41) is 2.56. The normalized spacial score (nSPS) is 12.4. The molecule has 1 heterocycles. The highest BCUT2D eigenvalue weighted by atomic mass is 32.2. The van der Waals surface area contributed by atoms with E-state index in [2.05, 4.69) is 0 Å². The van der Waals surface area contributed by atoms with Crippen LogP contribution in [0.3, 0.4) is 0 Å². The number of benzene rings is 1. The maximum absolute atomic E-state index is 11.9. The van der Waals surface area contributed by atoms with E-state index in [4.69, 9.17) is 5.73 Å². The van der Waals surface area contributed by atoms with Crippen LogP contribution in [-0.4, -0.2) is 13.7 Å². The van der Waals surface area contributed by atoms with Gasteiger partial charge in [-0.15, -0.1) is 11.3 Å². The molecular formula is C12H15NO2S2. The molecular weight excluding hydrogens is 254 g/mol. The van der Waals surface area contributed by atoms with Crippen molar-refractivity contribution in [2.45, 2.75) is 24.9 Å². The number of nitrogens with two attached hydrogens (primary N) is 1. The van der Waals surface area contributed by atoms with Crippen molar-refractivity contribution in [3.8, 4) is 0 Å². The molecule has 3 nitrogen and oxygen atoms in total. The summed E-state index contributed by atoms with van der Waals surface area (Å²) in [7, 11) is -3.05. The van der Waals surface area contributed by atoms with Crippen LogP contribution in [0.2, 0.25) is 0 Å². The number of thiophene rings is 1. The Hall–Kier alpha value is -1.07. The second-order valence-corrected chi connectivity index (χ2v) is 7.84. The van der Waals surface area contributed by atoms with E-state index in [1.54, 1.807) is 19.9 Å². The van der Waals surface area contributed by atoms with Gasteiger partial charge in [0.15, 0.2) is 9.84 Å². The topological polar surface area (TPSA) is 60.2 Å². The molecule has 0 amide bonds. The van der Waals surface area contributed by atoms with Crippen LogP contribution in [0.25, 0.3) is 10.1 Å². The van der Waals surface area contributed by atoms with Gasteiger partial charge < -0.3 is 5.73 Å². The van der Waals surface area contributed by atoms with E-state index in [0.717, 1.165) is 15.6 Å². The van der Waals surface area contributed by atoms with Crippen LogP contribution in [0, 0.1) is 0 Å². The molecule has 0 aliphatic rings. The molecule has 0 unspecified atom stereocenters. The largest absolute Gasteiger partial charge is 0.399 e. The zero-order valence-corrected chi connectivity index (χ0v) is 11.4. The molecule has 92 valence electrons. The fourth-order valence-electron chi connectivity index (χ4n) is 1.59. The second-order valence-electron chi connectivity index (χ2n) is 4.37. The molecule has 0 radical (unpaired) electrons. The Morgan fingerprint density at radius 3 is 2.71 bits per heavy atom. The molecule has 1 aromatic heterocycles. The summed E-state index contributed by atoms with van der Waals surface area (Å²) in [5.74, 6) is 0.106. The Morgan fingerprint density at radius 1 is 1.35 bits per heavy atom. The fraction of sp³-hybridized carbons (Fsp3) is 0.333. The van der Waals surface area contributed by atoms with E-state index in [9.17, 15) is 8.42 Å². The Morgan fingerprint density at radius 2 is 2.06 bits per heavy atom. The third kappa shape index (κ3) is 2.45. The van der Waals surface area contributed by atoms with Crippen LogP contribution >= 0.6 is 11.3 Å². The van der Waals surface area contributed by atoms with Crippen molar-refractivity contribution in [3.63, 3.8) is 0 Å². The summed E-state index contributed by atoms with van der Waals surface area (Å²) < 4.78 is 24.8. The molecule has 0 aliphatic heterocycles. The predicted octanol–water partition coefficient (Wildman–Crippen LogP) is 2.81. The summed E-state index contributed by atoms with van der Waals surface area (Å²) >= 11 is 1.54. The summed E-state index contributed by atoms with van der Waals surface area (Å²) in [6.45, 7) is 3.42. The highest BCUT2D eigenvalue weighted by Crippen LogP contribution is 2.29. The van der Waals surface area contributed by atoms with Gasteiger partial charge in [-0.25, -0.2) is 8.42 Å². The number of hydrogen-bond donors (Lipinski definition) is 1. The van der Waals surface area contributed by atoms with Crippen molar-refractivity contribution >= 4 is 36.9 Å². The molecule has 17 heavy (non-hydrogen) atoms. The van der Waals surface area contributed by atoms with E-state index in [0.29, 0.717) is 5.69 Å².